The number of rotatable bonds is 5. The van der Waals surface area contributed by atoms with E-state index in [9.17, 15) is 4.79 Å². The zero-order chi connectivity index (χ0) is 18.6. The molecule has 0 saturated heterocycles. The minimum absolute atomic E-state index is 0.190. The summed E-state index contributed by atoms with van der Waals surface area (Å²) in [6, 6.07) is 20.1. The smallest absolute Gasteiger partial charge is 0.255 e. The maximum atomic E-state index is 12.4. The van der Waals surface area contributed by atoms with Crippen LogP contribution in [0.5, 0.6) is 11.5 Å². The molecule has 0 atom stereocenters. The number of carbonyl (C=O) groups is 1. The third-order valence-corrected chi connectivity index (χ3v) is 5.06. The molecule has 0 bridgehead atoms. The van der Waals surface area contributed by atoms with Gasteiger partial charge in [-0.2, -0.15) is 0 Å². The van der Waals surface area contributed by atoms with Gasteiger partial charge in [0.05, 0.1) is 10.7 Å². The highest BCUT2D eigenvalue weighted by Gasteiger charge is 2.14. The Kier molecular flexibility index (Phi) is 5.09. The molecule has 1 aliphatic heterocycles. The average molecular weight is 399 g/mol. The fourth-order valence-electron chi connectivity index (χ4n) is 2.51. The lowest BCUT2D eigenvalue weighted by atomic mass is 10.2. The normalized spacial score (nSPS) is 11.9. The highest BCUT2D eigenvalue weighted by atomic mass is 35.5. The fourth-order valence-corrected chi connectivity index (χ4v) is 3.43. The summed E-state index contributed by atoms with van der Waals surface area (Å²) in [4.78, 5) is 13.4. The third kappa shape index (κ3) is 4.13. The van der Waals surface area contributed by atoms with Crippen molar-refractivity contribution >= 4 is 40.8 Å². The van der Waals surface area contributed by atoms with Crippen LogP contribution in [0.2, 0.25) is 5.02 Å². The standard InChI is InChI=1S/C20H15ClN2O3S/c21-16-3-1-2-4-17(16)23-27-15-8-5-13(6-9-15)20(24)22-14-7-10-18-19(11-14)26-12-25-18/h1-11,23H,12H2,(H,22,24). The molecule has 5 nitrogen and oxygen atoms in total. The predicted molar refractivity (Wildman–Crippen MR) is 108 cm³/mol. The third-order valence-electron chi connectivity index (χ3n) is 3.90. The van der Waals surface area contributed by atoms with E-state index in [4.69, 9.17) is 21.1 Å². The van der Waals surface area contributed by atoms with Gasteiger partial charge in [-0.05, 0) is 60.5 Å². The zero-order valence-electron chi connectivity index (χ0n) is 14.1. The maximum Gasteiger partial charge on any atom is 0.255 e. The number of amides is 1. The van der Waals surface area contributed by atoms with E-state index in [-0.39, 0.29) is 12.7 Å². The molecular formula is C20H15ClN2O3S. The van der Waals surface area contributed by atoms with Crippen molar-refractivity contribution in [3.05, 3.63) is 77.3 Å². The molecule has 0 unspecified atom stereocenters. The van der Waals surface area contributed by atoms with Gasteiger partial charge in [-0.25, -0.2) is 0 Å². The van der Waals surface area contributed by atoms with Crippen LogP contribution in [0.1, 0.15) is 10.4 Å². The lowest BCUT2D eigenvalue weighted by Crippen LogP contribution is -2.11. The SMILES string of the molecule is O=C(Nc1ccc2c(c1)OCO2)c1ccc(SNc2ccccc2Cl)cc1. The van der Waals surface area contributed by atoms with Gasteiger partial charge in [0.2, 0.25) is 6.79 Å². The van der Waals surface area contributed by atoms with Crippen LogP contribution in [0.4, 0.5) is 11.4 Å². The summed E-state index contributed by atoms with van der Waals surface area (Å²) in [6.07, 6.45) is 0. The first-order chi connectivity index (χ1) is 13.2. The Balaban J connectivity index is 1.38. The second-order valence-corrected chi connectivity index (χ2v) is 7.02. The number of hydrogen-bond acceptors (Lipinski definition) is 5. The molecule has 3 aromatic rings. The van der Waals surface area contributed by atoms with Gasteiger partial charge in [0.15, 0.2) is 11.5 Å². The molecule has 0 aromatic heterocycles. The Morgan fingerprint density at radius 3 is 2.56 bits per heavy atom. The van der Waals surface area contributed by atoms with Crippen molar-refractivity contribution in [3.8, 4) is 11.5 Å². The van der Waals surface area contributed by atoms with Crippen molar-refractivity contribution in [1.82, 2.24) is 0 Å². The fraction of sp³-hybridized carbons (Fsp3) is 0.0500. The number of anilines is 2. The highest BCUT2D eigenvalue weighted by Crippen LogP contribution is 2.34. The Morgan fingerprint density at radius 2 is 1.74 bits per heavy atom. The summed E-state index contributed by atoms with van der Waals surface area (Å²) in [7, 11) is 0. The molecule has 27 heavy (non-hydrogen) atoms. The van der Waals surface area contributed by atoms with E-state index < -0.39 is 0 Å². The van der Waals surface area contributed by atoms with E-state index in [1.54, 1.807) is 30.3 Å². The molecule has 3 aromatic carbocycles. The second-order valence-electron chi connectivity index (χ2n) is 5.73. The Morgan fingerprint density at radius 1 is 0.963 bits per heavy atom. The number of carbonyl (C=O) groups excluding carboxylic acids is 1. The van der Waals surface area contributed by atoms with Gasteiger partial charge in [-0.1, -0.05) is 23.7 Å². The highest BCUT2D eigenvalue weighted by molar-refractivity contribution is 8.00. The summed E-state index contributed by atoms with van der Waals surface area (Å²) < 4.78 is 13.8. The summed E-state index contributed by atoms with van der Waals surface area (Å²) in [5, 5.41) is 3.52. The van der Waals surface area contributed by atoms with E-state index in [0.29, 0.717) is 27.8 Å². The molecule has 1 amide bonds. The van der Waals surface area contributed by atoms with Gasteiger partial charge < -0.3 is 19.5 Å². The number of hydrogen-bond donors (Lipinski definition) is 2. The van der Waals surface area contributed by atoms with Crippen LogP contribution >= 0.6 is 23.5 Å². The lowest BCUT2D eigenvalue weighted by Gasteiger charge is -2.09. The van der Waals surface area contributed by atoms with E-state index in [2.05, 4.69) is 10.0 Å². The van der Waals surface area contributed by atoms with Gasteiger partial charge in [0, 0.05) is 22.2 Å². The van der Waals surface area contributed by atoms with Gasteiger partial charge in [-0.3, -0.25) is 4.79 Å². The summed E-state index contributed by atoms with van der Waals surface area (Å²) in [5.74, 6) is 1.12. The van der Waals surface area contributed by atoms with Gasteiger partial charge in [-0.15, -0.1) is 0 Å². The van der Waals surface area contributed by atoms with Crippen LogP contribution in [0.3, 0.4) is 0 Å². The van der Waals surface area contributed by atoms with Gasteiger partial charge in [0.25, 0.3) is 5.91 Å². The monoisotopic (exact) mass is 398 g/mol. The molecule has 1 aliphatic rings. The summed E-state index contributed by atoms with van der Waals surface area (Å²) in [6.45, 7) is 0.202. The second kappa shape index (κ2) is 7.82. The van der Waals surface area contributed by atoms with E-state index in [0.717, 1.165) is 10.6 Å². The molecule has 1 heterocycles. The molecule has 4 rings (SSSR count). The number of benzene rings is 3. The molecule has 0 fully saturated rings. The van der Waals surface area contributed by atoms with Crippen LogP contribution in [0, 0.1) is 0 Å². The Labute approximate surface area is 165 Å². The number of nitrogens with one attached hydrogen (secondary N) is 2. The van der Waals surface area contributed by atoms with Crippen LogP contribution in [0.25, 0.3) is 0 Å². The molecule has 136 valence electrons. The topological polar surface area (TPSA) is 59.6 Å². The Hall–Kier alpha value is -2.83. The number of para-hydroxylation sites is 1. The van der Waals surface area contributed by atoms with Crippen LogP contribution < -0.4 is 19.5 Å². The average Bonchev–Trinajstić information content (AvgIpc) is 3.15. The predicted octanol–water partition coefficient (Wildman–Crippen LogP) is 5.44. The molecule has 2 N–H and O–H groups in total. The number of fused-ring (bicyclic) bond motifs is 1. The van der Waals surface area contributed by atoms with Crippen molar-refractivity contribution in [2.75, 3.05) is 16.8 Å². The van der Waals surface area contributed by atoms with Gasteiger partial charge >= 0.3 is 0 Å². The first kappa shape index (κ1) is 17.6. The lowest BCUT2D eigenvalue weighted by molar-refractivity contribution is 0.102. The first-order valence-electron chi connectivity index (χ1n) is 8.17. The first-order valence-corrected chi connectivity index (χ1v) is 9.37. The number of ether oxygens (including phenoxy) is 2. The molecule has 0 spiro atoms. The van der Waals surface area contributed by atoms with Crippen molar-refractivity contribution in [2.24, 2.45) is 0 Å². The molecule has 0 radical (unpaired) electrons. The quantitative estimate of drug-likeness (QED) is 0.560. The van der Waals surface area contributed by atoms with Crippen molar-refractivity contribution in [2.45, 2.75) is 4.90 Å². The molecule has 0 aliphatic carbocycles. The number of halogens is 1. The Bertz CT molecular complexity index is 979. The minimum atomic E-state index is -0.190. The van der Waals surface area contributed by atoms with Crippen LogP contribution in [-0.2, 0) is 0 Å². The maximum absolute atomic E-state index is 12.4. The van der Waals surface area contributed by atoms with Crippen molar-refractivity contribution in [3.63, 3.8) is 0 Å². The molecular weight excluding hydrogens is 384 g/mol. The van der Waals surface area contributed by atoms with Crippen molar-refractivity contribution < 1.29 is 14.3 Å². The largest absolute Gasteiger partial charge is 0.454 e. The summed E-state index contributed by atoms with van der Waals surface area (Å²) >= 11 is 7.55. The van der Waals surface area contributed by atoms with Crippen LogP contribution in [-0.4, -0.2) is 12.7 Å². The zero-order valence-corrected chi connectivity index (χ0v) is 15.6. The molecule has 7 heteroatoms. The van der Waals surface area contributed by atoms with Crippen molar-refractivity contribution in [1.29, 1.82) is 0 Å². The van der Waals surface area contributed by atoms with E-state index >= 15 is 0 Å². The van der Waals surface area contributed by atoms with Crippen LogP contribution in [0.15, 0.2) is 71.6 Å². The molecule has 0 saturated carbocycles. The van der Waals surface area contributed by atoms with E-state index in [1.165, 1.54) is 11.9 Å². The van der Waals surface area contributed by atoms with Gasteiger partial charge in [0.1, 0.15) is 0 Å². The van der Waals surface area contributed by atoms with E-state index in [1.807, 2.05) is 36.4 Å². The minimum Gasteiger partial charge on any atom is -0.454 e. The summed E-state index contributed by atoms with van der Waals surface area (Å²) in [5.41, 5.74) is 2.06.